The summed E-state index contributed by atoms with van der Waals surface area (Å²) in [6.45, 7) is 3.78. The van der Waals surface area contributed by atoms with E-state index in [2.05, 4.69) is 25.9 Å². The molecule has 4 rings (SSSR count). The number of carbonyl (C=O) groups excluding carboxylic acids is 2. The number of nitrogens with one attached hydrogen (secondary N) is 3. The van der Waals surface area contributed by atoms with Gasteiger partial charge in [0.05, 0.1) is 33.8 Å². The lowest BCUT2D eigenvalue weighted by Gasteiger charge is -2.16. The molecule has 2 heterocycles. The number of amides is 3. The summed E-state index contributed by atoms with van der Waals surface area (Å²) in [5, 5.41) is 17.5. The number of ether oxygens (including phenoxy) is 1. The zero-order chi connectivity index (χ0) is 29.8. The molecule has 0 bridgehead atoms. The van der Waals surface area contributed by atoms with Crippen LogP contribution in [0.1, 0.15) is 25.8 Å². The molecule has 0 radical (unpaired) electrons. The average Bonchev–Trinajstić information content (AvgIpc) is 3.28. The fraction of sp³-hybridized carbons (Fsp3) is 0.259. The van der Waals surface area contributed by atoms with Gasteiger partial charge in [-0.15, -0.1) is 0 Å². The first-order chi connectivity index (χ1) is 19.3. The normalized spacial score (nSPS) is 11.8. The molecular weight excluding hydrogens is 565 g/mol. The van der Waals surface area contributed by atoms with Gasteiger partial charge in [-0.2, -0.15) is 18.2 Å². The second-order valence-electron chi connectivity index (χ2n) is 9.66. The molecule has 0 atom stereocenters. The fourth-order valence-corrected chi connectivity index (χ4v) is 4.08. The predicted molar refractivity (Wildman–Crippen MR) is 147 cm³/mol. The zero-order valence-corrected chi connectivity index (χ0v) is 22.7. The molecule has 0 unspecified atom stereocenters. The Morgan fingerprint density at radius 3 is 2.56 bits per heavy atom. The Morgan fingerprint density at radius 2 is 1.85 bits per heavy atom. The monoisotopic (exact) mass is 590 g/mol. The van der Waals surface area contributed by atoms with E-state index in [4.69, 9.17) is 16.3 Å². The molecule has 10 nitrogen and oxygen atoms in total. The number of hydrogen-bond acceptors (Lipinski definition) is 6. The minimum Gasteiger partial charge on any atom is -0.437 e. The van der Waals surface area contributed by atoms with Crippen LogP contribution in [-0.4, -0.2) is 43.7 Å². The number of urea groups is 1. The van der Waals surface area contributed by atoms with Crippen LogP contribution in [0.15, 0.2) is 61.1 Å². The van der Waals surface area contributed by atoms with E-state index in [1.54, 1.807) is 26.1 Å². The van der Waals surface area contributed by atoms with E-state index >= 15 is 0 Å². The molecule has 2 aromatic heterocycles. The third-order valence-corrected chi connectivity index (χ3v) is 5.95. The molecule has 4 aromatic rings. The Labute approximate surface area is 237 Å². The molecule has 4 N–H and O–H groups in total. The lowest BCUT2D eigenvalue weighted by atomic mass is 10.1. The highest BCUT2D eigenvalue weighted by molar-refractivity contribution is 6.34. The summed E-state index contributed by atoms with van der Waals surface area (Å²) in [5.74, 6) is 0.237. The molecule has 14 heteroatoms. The molecule has 2 aromatic carbocycles. The topological polar surface area (TPSA) is 130 Å². The number of aliphatic hydroxyl groups is 1. The van der Waals surface area contributed by atoms with Gasteiger partial charge in [-0.3, -0.25) is 4.79 Å². The van der Waals surface area contributed by atoms with Gasteiger partial charge in [-0.05, 0) is 50.2 Å². The van der Waals surface area contributed by atoms with Gasteiger partial charge in [0.25, 0.3) is 0 Å². The predicted octanol–water partition coefficient (Wildman–Crippen LogP) is 5.82. The second-order valence-corrected chi connectivity index (χ2v) is 10.1. The summed E-state index contributed by atoms with van der Waals surface area (Å²) in [5.41, 5.74) is -0.674. The first-order valence-electron chi connectivity index (χ1n) is 12.3. The Kier molecular flexibility index (Phi) is 8.69. The van der Waals surface area contributed by atoms with Crippen LogP contribution in [0.4, 0.5) is 29.3 Å². The Hall–Kier alpha value is -4.36. The van der Waals surface area contributed by atoms with E-state index in [0.29, 0.717) is 29.9 Å². The van der Waals surface area contributed by atoms with Crippen LogP contribution >= 0.6 is 11.6 Å². The number of nitrogens with zero attached hydrogens (tertiary/aromatic N) is 3. The summed E-state index contributed by atoms with van der Waals surface area (Å²) in [4.78, 5) is 32.8. The summed E-state index contributed by atoms with van der Waals surface area (Å²) in [6, 6.07) is 9.67. The van der Waals surface area contributed by atoms with Crippen molar-refractivity contribution in [3.05, 3.63) is 71.6 Å². The minimum absolute atomic E-state index is 0.0323. The third-order valence-electron chi connectivity index (χ3n) is 5.64. The van der Waals surface area contributed by atoms with Crippen molar-refractivity contribution in [3.8, 4) is 11.6 Å². The van der Waals surface area contributed by atoms with Gasteiger partial charge in [0, 0.05) is 31.0 Å². The third kappa shape index (κ3) is 8.08. The molecule has 0 saturated heterocycles. The highest BCUT2D eigenvalue weighted by Crippen LogP contribution is 2.33. The Morgan fingerprint density at radius 1 is 1.07 bits per heavy atom. The molecule has 0 aliphatic carbocycles. The summed E-state index contributed by atoms with van der Waals surface area (Å²) in [7, 11) is 0. The van der Waals surface area contributed by atoms with Crippen LogP contribution in [0.5, 0.6) is 11.6 Å². The largest absolute Gasteiger partial charge is 0.437 e. The van der Waals surface area contributed by atoms with Gasteiger partial charge in [-0.25, -0.2) is 9.78 Å². The van der Waals surface area contributed by atoms with Gasteiger partial charge in [0.2, 0.25) is 11.8 Å². The Bertz CT molecular complexity index is 1570. The van der Waals surface area contributed by atoms with Crippen LogP contribution in [0.25, 0.3) is 11.0 Å². The maximum Gasteiger partial charge on any atom is 0.416 e. The van der Waals surface area contributed by atoms with Crippen molar-refractivity contribution in [2.75, 3.05) is 17.2 Å². The fourth-order valence-electron chi connectivity index (χ4n) is 3.86. The smallest absolute Gasteiger partial charge is 0.416 e. The van der Waals surface area contributed by atoms with Gasteiger partial charge in [-0.1, -0.05) is 17.7 Å². The van der Waals surface area contributed by atoms with Crippen molar-refractivity contribution in [2.45, 2.75) is 38.6 Å². The number of aromatic nitrogens is 3. The maximum absolute atomic E-state index is 12.9. The van der Waals surface area contributed by atoms with Crippen LogP contribution in [0, 0.1) is 0 Å². The summed E-state index contributed by atoms with van der Waals surface area (Å²) >= 11 is 6.33. The lowest BCUT2D eigenvalue weighted by Crippen LogP contribution is -2.33. The number of hydrogen-bond donors (Lipinski definition) is 4. The van der Waals surface area contributed by atoms with E-state index < -0.39 is 23.4 Å². The van der Waals surface area contributed by atoms with Crippen LogP contribution in [0.2, 0.25) is 5.02 Å². The molecule has 0 fully saturated rings. The van der Waals surface area contributed by atoms with E-state index in [9.17, 15) is 27.9 Å². The number of carbonyl (C=O) groups is 2. The molecule has 41 heavy (non-hydrogen) atoms. The zero-order valence-electron chi connectivity index (χ0n) is 21.9. The number of anilines is 2. The highest BCUT2D eigenvalue weighted by Gasteiger charge is 2.30. The second kappa shape index (κ2) is 12.0. The standard InChI is InChI=1S/C27H26ClF3N6O4/c1-26(2,40)14-22(38)32-9-11-37-10-8-21-23(37)24(34-15-33-21)41-18-6-7-20(19(28)13-18)36-25(39)35-17-5-3-4-16(12-17)27(29,30)31/h3-8,10,12-13,15,40H,9,11,14H2,1-2H3,(H,32,38)(H2,35,36,39). The minimum atomic E-state index is -4.54. The van der Waals surface area contributed by atoms with Crippen molar-refractivity contribution in [3.63, 3.8) is 0 Å². The molecule has 0 aliphatic rings. The first-order valence-corrected chi connectivity index (χ1v) is 12.7. The highest BCUT2D eigenvalue weighted by atomic mass is 35.5. The lowest BCUT2D eigenvalue weighted by molar-refractivity contribution is -0.137. The van der Waals surface area contributed by atoms with Gasteiger partial charge in [0.1, 0.15) is 17.6 Å². The van der Waals surface area contributed by atoms with Crippen molar-refractivity contribution < 1.29 is 32.6 Å². The van der Waals surface area contributed by atoms with E-state index in [-0.39, 0.29) is 34.6 Å². The number of benzene rings is 2. The molecule has 0 saturated carbocycles. The number of fused-ring (bicyclic) bond motifs is 1. The molecule has 0 aliphatic heterocycles. The first kappa shape index (κ1) is 29.6. The molecular formula is C27H26ClF3N6O4. The summed E-state index contributed by atoms with van der Waals surface area (Å²) in [6.07, 6.45) is -1.46. The SMILES string of the molecule is CC(C)(O)CC(=O)NCCn1ccc2ncnc(Oc3ccc(NC(=O)Nc4cccc(C(F)(F)F)c4)c(Cl)c3)c21. The van der Waals surface area contributed by atoms with Crippen LogP contribution in [0.3, 0.4) is 0 Å². The van der Waals surface area contributed by atoms with Gasteiger partial charge < -0.3 is 30.4 Å². The van der Waals surface area contributed by atoms with E-state index in [1.165, 1.54) is 36.7 Å². The summed E-state index contributed by atoms with van der Waals surface area (Å²) < 4.78 is 46.6. The molecule has 3 amide bonds. The number of rotatable bonds is 9. The van der Waals surface area contributed by atoms with Crippen molar-refractivity contribution >= 4 is 45.9 Å². The van der Waals surface area contributed by atoms with Gasteiger partial charge in [0.15, 0.2) is 0 Å². The molecule has 216 valence electrons. The maximum atomic E-state index is 12.9. The number of alkyl halides is 3. The van der Waals surface area contributed by atoms with E-state index in [0.717, 1.165) is 12.1 Å². The Balaban J connectivity index is 1.42. The molecule has 0 spiro atoms. The van der Waals surface area contributed by atoms with E-state index in [1.807, 2.05) is 4.57 Å². The number of halogens is 4. The van der Waals surface area contributed by atoms with Gasteiger partial charge >= 0.3 is 12.2 Å². The van der Waals surface area contributed by atoms with Crippen molar-refractivity contribution in [1.29, 1.82) is 0 Å². The van der Waals surface area contributed by atoms with Crippen LogP contribution < -0.4 is 20.7 Å². The van der Waals surface area contributed by atoms with Crippen molar-refractivity contribution in [2.24, 2.45) is 0 Å². The van der Waals surface area contributed by atoms with Crippen LogP contribution in [-0.2, 0) is 17.5 Å². The quantitative estimate of drug-likeness (QED) is 0.194. The average molecular weight is 591 g/mol. The van der Waals surface area contributed by atoms with Crippen molar-refractivity contribution in [1.82, 2.24) is 19.9 Å².